The lowest BCUT2D eigenvalue weighted by Crippen LogP contribution is -2.03. The third kappa shape index (κ3) is 17.9. The number of carbonyl (C=O) groups excluding carboxylic acids is 1. The smallest absolute Gasteiger partial charge is 0.333 e. The largest absolute Gasteiger partial charge is 0.481 e. The Hall–Kier alpha value is -1.58. The van der Waals surface area contributed by atoms with Crippen LogP contribution in [0.1, 0.15) is 13.8 Å². The zero-order valence-electron chi connectivity index (χ0n) is 7.87. The van der Waals surface area contributed by atoms with Gasteiger partial charge in [-0.1, -0.05) is 19.2 Å². The summed E-state index contributed by atoms with van der Waals surface area (Å²) in [4.78, 5) is 19.5. The predicted octanol–water partition coefficient (Wildman–Crippen LogP) is 1.38. The van der Waals surface area contributed by atoms with Gasteiger partial charge in [0.25, 0.3) is 5.97 Å². The van der Waals surface area contributed by atoms with Gasteiger partial charge in [-0.3, -0.25) is 4.79 Å². The highest BCUT2D eigenvalue weighted by atomic mass is 16.5. The van der Waals surface area contributed by atoms with Crippen LogP contribution >= 0.6 is 0 Å². The van der Waals surface area contributed by atoms with Gasteiger partial charge < -0.3 is 9.84 Å². The molecule has 0 unspecified atom stereocenters. The van der Waals surface area contributed by atoms with Crippen molar-refractivity contribution in [3.63, 3.8) is 0 Å². The van der Waals surface area contributed by atoms with E-state index in [-0.39, 0.29) is 12.6 Å². The molecular formula is C9H14O4. The minimum Gasteiger partial charge on any atom is -0.481 e. The van der Waals surface area contributed by atoms with Crippen LogP contribution in [0.15, 0.2) is 24.8 Å². The second-order valence-corrected chi connectivity index (χ2v) is 2.19. The van der Waals surface area contributed by atoms with Gasteiger partial charge in [0.1, 0.15) is 6.61 Å². The fourth-order valence-corrected chi connectivity index (χ4v) is 0.258. The molecule has 4 heteroatoms. The Morgan fingerprint density at radius 2 is 1.85 bits per heavy atom. The van der Waals surface area contributed by atoms with E-state index in [0.717, 1.165) is 6.92 Å². The number of ether oxygens (including phenoxy) is 1. The Morgan fingerprint density at radius 3 is 2.08 bits per heavy atom. The minimum atomic E-state index is -0.833. The zero-order valence-corrected chi connectivity index (χ0v) is 7.87. The lowest BCUT2D eigenvalue weighted by molar-refractivity contribution is -0.137. The first-order valence-corrected chi connectivity index (χ1v) is 3.54. The van der Waals surface area contributed by atoms with Gasteiger partial charge in [-0.15, -0.1) is 0 Å². The summed E-state index contributed by atoms with van der Waals surface area (Å²) in [6.45, 7) is 9.73. The molecule has 0 aromatic heterocycles. The molecular weight excluding hydrogens is 172 g/mol. The maximum Gasteiger partial charge on any atom is 0.333 e. The minimum absolute atomic E-state index is 0.256. The Bertz CT molecular complexity index is 202. The third-order valence-electron chi connectivity index (χ3n) is 0.681. The molecule has 0 aromatic rings. The molecule has 0 radical (unpaired) electrons. The molecule has 1 N–H and O–H groups in total. The molecule has 0 aliphatic heterocycles. The van der Waals surface area contributed by atoms with Crippen LogP contribution in [0.2, 0.25) is 0 Å². The molecule has 0 spiro atoms. The number of esters is 1. The van der Waals surface area contributed by atoms with Gasteiger partial charge in [0.05, 0.1) is 0 Å². The number of hydrogen-bond acceptors (Lipinski definition) is 3. The number of hydrogen-bond donors (Lipinski definition) is 1. The fraction of sp³-hybridized carbons (Fsp3) is 0.333. The van der Waals surface area contributed by atoms with Gasteiger partial charge in [-0.25, -0.2) is 4.79 Å². The van der Waals surface area contributed by atoms with E-state index >= 15 is 0 Å². The molecule has 13 heavy (non-hydrogen) atoms. The number of rotatable bonds is 3. The molecule has 0 amide bonds. The summed E-state index contributed by atoms with van der Waals surface area (Å²) >= 11 is 0. The number of carbonyl (C=O) groups is 2. The number of carboxylic acid groups (broad SMARTS) is 1. The van der Waals surface area contributed by atoms with Crippen LogP contribution in [0, 0.1) is 0 Å². The summed E-state index contributed by atoms with van der Waals surface area (Å²) in [6.07, 6.45) is 1.51. The maximum atomic E-state index is 10.5. The molecule has 0 saturated carbocycles. The summed E-state index contributed by atoms with van der Waals surface area (Å²) in [7, 11) is 0. The highest BCUT2D eigenvalue weighted by Gasteiger charge is 1.98. The lowest BCUT2D eigenvalue weighted by Gasteiger charge is -1.97. The van der Waals surface area contributed by atoms with Crippen LogP contribution in [-0.2, 0) is 14.3 Å². The van der Waals surface area contributed by atoms with Crippen molar-refractivity contribution in [1.29, 1.82) is 0 Å². The Kier molecular flexibility index (Phi) is 9.15. The molecule has 0 aromatic carbocycles. The number of aliphatic carboxylic acids is 1. The highest BCUT2D eigenvalue weighted by molar-refractivity contribution is 5.86. The van der Waals surface area contributed by atoms with Crippen molar-refractivity contribution < 1.29 is 19.4 Å². The van der Waals surface area contributed by atoms with E-state index in [2.05, 4.69) is 17.9 Å². The molecule has 4 nitrogen and oxygen atoms in total. The van der Waals surface area contributed by atoms with Crippen LogP contribution in [0.5, 0.6) is 0 Å². The van der Waals surface area contributed by atoms with Crippen molar-refractivity contribution in [3.8, 4) is 0 Å². The first-order valence-electron chi connectivity index (χ1n) is 3.54. The first-order chi connectivity index (χ1) is 5.91. The van der Waals surface area contributed by atoms with Crippen LogP contribution in [0.25, 0.3) is 0 Å². The van der Waals surface area contributed by atoms with Crippen molar-refractivity contribution >= 4 is 11.9 Å². The van der Waals surface area contributed by atoms with Crippen LogP contribution < -0.4 is 0 Å². The number of carboxylic acids is 1. The van der Waals surface area contributed by atoms with Crippen molar-refractivity contribution in [2.45, 2.75) is 13.8 Å². The monoisotopic (exact) mass is 186 g/mol. The van der Waals surface area contributed by atoms with Gasteiger partial charge in [0.2, 0.25) is 0 Å². The quantitative estimate of drug-likeness (QED) is 0.411. The standard InChI is InChI=1S/C7H10O2.C2H4O2/c1-4-5-9-7(8)6(2)3;1-2(3)4/h4H,1-2,5H2,3H3;1H3,(H,3,4). The predicted molar refractivity (Wildman–Crippen MR) is 49.3 cm³/mol. The van der Waals surface area contributed by atoms with Crippen LogP contribution in [-0.4, -0.2) is 23.7 Å². The summed E-state index contributed by atoms with van der Waals surface area (Å²) < 4.78 is 4.60. The third-order valence-corrected chi connectivity index (χ3v) is 0.681. The Morgan fingerprint density at radius 1 is 1.46 bits per heavy atom. The lowest BCUT2D eigenvalue weighted by atomic mass is 10.4. The summed E-state index contributed by atoms with van der Waals surface area (Å²) in [5.74, 6) is -1.20. The molecule has 0 aliphatic carbocycles. The van der Waals surface area contributed by atoms with Gasteiger partial charge in [0.15, 0.2) is 0 Å². The molecule has 0 rings (SSSR count). The molecule has 0 fully saturated rings. The summed E-state index contributed by atoms with van der Waals surface area (Å²) in [5.41, 5.74) is 0.414. The van der Waals surface area contributed by atoms with Gasteiger partial charge in [-0.2, -0.15) is 0 Å². The van der Waals surface area contributed by atoms with Crippen molar-refractivity contribution in [1.82, 2.24) is 0 Å². The molecule has 74 valence electrons. The van der Waals surface area contributed by atoms with E-state index in [1.54, 1.807) is 6.92 Å². The van der Waals surface area contributed by atoms with E-state index in [1.165, 1.54) is 6.08 Å². The molecule has 0 aliphatic rings. The van der Waals surface area contributed by atoms with E-state index < -0.39 is 5.97 Å². The van der Waals surface area contributed by atoms with E-state index in [0.29, 0.717) is 5.57 Å². The van der Waals surface area contributed by atoms with Gasteiger partial charge in [0, 0.05) is 12.5 Å². The SMILES string of the molecule is C=CCOC(=O)C(=C)C.CC(=O)O. The second kappa shape index (κ2) is 8.52. The van der Waals surface area contributed by atoms with Crippen molar-refractivity contribution in [2.75, 3.05) is 6.61 Å². The van der Waals surface area contributed by atoms with E-state index in [4.69, 9.17) is 9.90 Å². The van der Waals surface area contributed by atoms with E-state index in [9.17, 15) is 4.79 Å². The summed E-state index contributed by atoms with van der Waals surface area (Å²) in [5, 5.41) is 7.42. The summed E-state index contributed by atoms with van der Waals surface area (Å²) in [6, 6.07) is 0. The molecule has 0 saturated heterocycles. The Labute approximate surface area is 77.5 Å². The van der Waals surface area contributed by atoms with Gasteiger partial charge in [-0.05, 0) is 6.92 Å². The molecule has 0 bridgehead atoms. The average molecular weight is 186 g/mol. The first kappa shape index (κ1) is 14.0. The highest BCUT2D eigenvalue weighted by Crippen LogP contribution is 1.90. The Balaban J connectivity index is 0. The van der Waals surface area contributed by atoms with Crippen LogP contribution in [0.3, 0.4) is 0 Å². The van der Waals surface area contributed by atoms with Crippen LogP contribution in [0.4, 0.5) is 0 Å². The molecule has 0 heterocycles. The average Bonchev–Trinajstić information content (AvgIpc) is 1.98. The topological polar surface area (TPSA) is 63.6 Å². The van der Waals surface area contributed by atoms with Gasteiger partial charge >= 0.3 is 5.97 Å². The fourth-order valence-electron chi connectivity index (χ4n) is 0.258. The van der Waals surface area contributed by atoms with Crippen molar-refractivity contribution in [3.05, 3.63) is 24.8 Å². The maximum absolute atomic E-state index is 10.5. The zero-order chi connectivity index (χ0) is 10.9. The van der Waals surface area contributed by atoms with E-state index in [1.807, 2.05) is 0 Å². The second-order valence-electron chi connectivity index (χ2n) is 2.19. The van der Waals surface area contributed by atoms with Crippen molar-refractivity contribution in [2.24, 2.45) is 0 Å². The normalized spacial score (nSPS) is 7.54. The molecule has 0 atom stereocenters.